The number of hydrogen-bond donors (Lipinski definition) is 1. The monoisotopic (exact) mass is 237 g/mol. The molecule has 0 spiro atoms. The molecular weight excluding hydrogens is 214 g/mol. The van der Waals surface area contributed by atoms with Gasteiger partial charge in [0.05, 0.1) is 13.1 Å². The molecule has 96 valence electrons. The maximum Gasteiger partial charge on any atom is 0.317 e. The Hall–Kier alpha value is -1.01. The zero-order valence-corrected chi connectivity index (χ0v) is 10.9. The van der Waals surface area contributed by atoms with E-state index in [-0.39, 0.29) is 6.54 Å². The third-order valence-corrected chi connectivity index (χ3v) is 3.83. The van der Waals surface area contributed by atoms with Gasteiger partial charge in [0.1, 0.15) is 0 Å². The average molecular weight is 237 g/mol. The number of aliphatic carboxylic acids is 1. The van der Waals surface area contributed by atoms with Crippen molar-refractivity contribution < 1.29 is 9.90 Å². The Bertz CT molecular complexity index is 285. The zero-order chi connectivity index (χ0) is 12.8. The number of nitrogens with zero attached hydrogens (tertiary/aromatic N) is 1. The molecule has 0 aliphatic heterocycles. The maximum absolute atomic E-state index is 10.8. The SMILES string of the molecule is C#CCN(CC(=O)O)C1CCC(C(C)C)CC1. The summed E-state index contributed by atoms with van der Waals surface area (Å²) in [4.78, 5) is 12.7. The molecule has 0 unspecified atom stereocenters. The first-order valence-electron chi connectivity index (χ1n) is 6.44. The van der Waals surface area contributed by atoms with Crippen molar-refractivity contribution in [1.82, 2.24) is 4.90 Å². The van der Waals surface area contributed by atoms with Crippen molar-refractivity contribution in [2.24, 2.45) is 11.8 Å². The summed E-state index contributed by atoms with van der Waals surface area (Å²) in [5.41, 5.74) is 0. The van der Waals surface area contributed by atoms with Gasteiger partial charge in [0.25, 0.3) is 0 Å². The highest BCUT2D eigenvalue weighted by molar-refractivity contribution is 5.69. The minimum atomic E-state index is -0.786. The first-order chi connectivity index (χ1) is 8.04. The van der Waals surface area contributed by atoms with Crippen LogP contribution in [0.1, 0.15) is 39.5 Å². The van der Waals surface area contributed by atoms with Crippen LogP contribution in [-0.2, 0) is 4.79 Å². The van der Waals surface area contributed by atoms with Crippen LogP contribution >= 0.6 is 0 Å². The molecular formula is C14H23NO2. The van der Waals surface area contributed by atoms with Gasteiger partial charge in [-0.25, -0.2) is 0 Å². The van der Waals surface area contributed by atoms with E-state index < -0.39 is 5.97 Å². The Labute approximate surface area is 104 Å². The van der Waals surface area contributed by atoms with Crippen LogP contribution < -0.4 is 0 Å². The lowest BCUT2D eigenvalue weighted by atomic mass is 9.79. The molecule has 3 nitrogen and oxygen atoms in total. The maximum atomic E-state index is 10.8. The normalized spacial score (nSPS) is 24.9. The van der Waals surface area contributed by atoms with Gasteiger partial charge in [0, 0.05) is 6.04 Å². The van der Waals surface area contributed by atoms with Crippen molar-refractivity contribution in [3.63, 3.8) is 0 Å². The summed E-state index contributed by atoms with van der Waals surface area (Å²) in [5, 5.41) is 8.87. The van der Waals surface area contributed by atoms with E-state index in [4.69, 9.17) is 11.5 Å². The molecule has 0 aromatic heterocycles. The molecule has 1 rings (SSSR count). The molecule has 0 amide bonds. The predicted octanol–water partition coefficient (Wildman–Crippen LogP) is 2.22. The second-order valence-corrected chi connectivity index (χ2v) is 5.32. The van der Waals surface area contributed by atoms with Gasteiger partial charge >= 0.3 is 5.97 Å². The van der Waals surface area contributed by atoms with E-state index in [2.05, 4.69) is 19.8 Å². The van der Waals surface area contributed by atoms with Crippen LogP contribution in [0.2, 0.25) is 0 Å². The molecule has 1 aliphatic rings. The molecule has 0 aromatic carbocycles. The van der Waals surface area contributed by atoms with Gasteiger partial charge < -0.3 is 5.11 Å². The van der Waals surface area contributed by atoms with Crippen molar-refractivity contribution in [3.8, 4) is 12.3 Å². The molecule has 0 bridgehead atoms. The third-order valence-electron chi connectivity index (χ3n) is 3.83. The van der Waals surface area contributed by atoms with Crippen molar-refractivity contribution in [3.05, 3.63) is 0 Å². The van der Waals surface area contributed by atoms with Crippen molar-refractivity contribution in [1.29, 1.82) is 0 Å². The summed E-state index contributed by atoms with van der Waals surface area (Å²) >= 11 is 0. The van der Waals surface area contributed by atoms with E-state index in [9.17, 15) is 4.79 Å². The number of carboxylic acid groups (broad SMARTS) is 1. The Morgan fingerprint density at radius 2 is 2.00 bits per heavy atom. The Morgan fingerprint density at radius 1 is 1.41 bits per heavy atom. The van der Waals surface area contributed by atoms with Crippen LogP contribution in [0, 0.1) is 24.2 Å². The summed E-state index contributed by atoms with van der Waals surface area (Å²) < 4.78 is 0. The van der Waals surface area contributed by atoms with E-state index in [1.54, 1.807) is 0 Å². The van der Waals surface area contributed by atoms with Crippen LogP contribution in [0.3, 0.4) is 0 Å². The number of rotatable bonds is 5. The molecule has 1 N–H and O–H groups in total. The lowest BCUT2D eigenvalue weighted by Gasteiger charge is -2.36. The van der Waals surface area contributed by atoms with Gasteiger partial charge in [-0.2, -0.15) is 0 Å². The summed E-state index contributed by atoms with van der Waals surface area (Å²) in [6.45, 7) is 5.05. The largest absolute Gasteiger partial charge is 0.480 e. The first kappa shape index (κ1) is 14.1. The third kappa shape index (κ3) is 4.40. The van der Waals surface area contributed by atoms with Gasteiger partial charge in [-0.3, -0.25) is 9.69 Å². The fourth-order valence-electron chi connectivity index (χ4n) is 2.74. The Kier molecular flexibility index (Phi) is 5.50. The Balaban J connectivity index is 2.49. The van der Waals surface area contributed by atoms with Gasteiger partial charge in [-0.1, -0.05) is 19.8 Å². The number of carboxylic acids is 1. The summed E-state index contributed by atoms with van der Waals surface area (Å²) in [5.74, 6) is 3.31. The highest BCUT2D eigenvalue weighted by Crippen LogP contribution is 2.31. The smallest absolute Gasteiger partial charge is 0.317 e. The molecule has 0 aromatic rings. The quantitative estimate of drug-likeness (QED) is 0.745. The summed E-state index contributed by atoms with van der Waals surface area (Å²) in [6, 6.07) is 0.358. The highest BCUT2D eigenvalue weighted by atomic mass is 16.4. The zero-order valence-electron chi connectivity index (χ0n) is 10.9. The fraction of sp³-hybridized carbons (Fsp3) is 0.786. The molecule has 0 saturated heterocycles. The number of terminal acetylenes is 1. The molecule has 17 heavy (non-hydrogen) atoms. The van der Waals surface area contributed by atoms with E-state index >= 15 is 0 Å². The standard InChI is InChI=1S/C14H23NO2/c1-4-9-15(10-14(16)17)13-7-5-12(6-8-13)11(2)3/h1,11-13H,5-10H2,2-3H3,(H,16,17). The van der Waals surface area contributed by atoms with Gasteiger partial charge in [0.2, 0.25) is 0 Å². The van der Waals surface area contributed by atoms with E-state index in [0.717, 1.165) is 24.7 Å². The predicted molar refractivity (Wildman–Crippen MR) is 68.6 cm³/mol. The van der Waals surface area contributed by atoms with Crippen LogP contribution in [0.5, 0.6) is 0 Å². The fourth-order valence-corrected chi connectivity index (χ4v) is 2.74. The van der Waals surface area contributed by atoms with Crippen LogP contribution in [-0.4, -0.2) is 35.1 Å². The highest BCUT2D eigenvalue weighted by Gasteiger charge is 2.27. The molecule has 1 fully saturated rings. The second-order valence-electron chi connectivity index (χ2n) is 5.32. The van der Waals surface area contributed by atoms with Crippen molar-refractivity contribution in [2.45, 2.75) is 45.6 Å². The number of hydrogen-bond acceptors (Lipinski definition) is 2. The number of carbonyl (C=O) groups is 1. The van der Waals surface area contributed by atoms with E-state index in [0.29, 0.717) is 12.6 Å². The summed E-state index contributed by atoms with van der Waals surface area (Å²) in [6.07, 6.45) is 9.86. The molecule has 3 heteroatoms. The van der Waals surface area contributed by atoms with Crippen LogP contribution in [0.15, 0.2) is 0 Å². The van der Waals surface area contributed by atoms with Crippen LogP contribution in [0.25, 0.3) is 0 Å². The molecule has 0 atom stereocenters. The van der Waals surface area contributed by atoms with Crippen molar-refractivity contribution in [2.75, 3.05) is 13.1 Å². The summed E-state index contributed by atoms with van der Waals surface area (Å²) in [7, 11) is 0. The first-order valence-corrected chi connectivity index (χ1v) is 6.44. The molecule has 0 heterocycles. The Morgan fingerprint density at radius 3 is 2.41 bits per heavy atom. The lowest BCUT2D eigenvalue weighted by Crippen LogP contribution is -2.41. The average Bonchev–Trinajstić information content (AvgIpc) is 2.28. The van der Waals surface area contributed by atoms with E-state index in [1.807, 2.05) is 4.90 Å². The van der Waals surface area contributed by atoms with Gasteiger partial charge in [-0.15, -0.1) is 6.42 Å². The topological polar surface area (TPSA) is 40.5 Å². The molecule has 0 radical (unpaired) electrons. The van der Waals surface area contributed by atoms with Gasteiger partial charge in [0.15, 0.2) is 0 Å². The molecule has 1 aliphatic carbocycles. The van der Waals surface area contributed by atoms with Gasteiger partial charge in [-0.05, 0) is 37.5 Å². The minimum absolute atomic E-state index is 0.0706. The lowest BCUT2D eigenvalue weighted by molar-refractivity contribution is -0.139. The van der Waals surface area contributed by atoms with E-state index in [1.165, 1.54) is 12.8 Å². The van der Waals surface area contributed by atoms with Crippen LogP contribution in [0.4, 0.5) is 0 Å². The minimum Gasteiger partial charge on any atom is -0.480 e. The second kappa shape index (κ2) is 6.66. The molecule has 1 saturated carbocycles. The van der Waals surface area contributed by atoms with Crippen molar-refractivity contribution >= 4 is 5.97 Å².